The van der Waals surface area contributed by atoms with Crippen molar-refractivity contribution in [2.24, 2.45) is 5.73 Å². The smallest absolute Gasteiger partial charge is 0.256 e. The van der Waals surface area contributed by atoms with Crippen LogP contribution in [0.1, 0.15) is 55.3 Å². The number of hydrogen-bond acceptors (Lipinski definition) is 6. The van der Waals surface area contributed by atoms with Crippen molar-refractivity contribution >= 4 is 56.6 Å². The van der Waals surface area contributed by atoms with Gasteiger partial charge in [-0.15, -0.1) is 23.2 Å². The molecule has 2 unspecified atom stereocenters. The number of nitrogens with one attached hydrogen (secondary N) is 1. The molecule has 36 heavy (non-hydrogen) atoms. The van der Waals surface area contributed by atoms with Crippen LogP contribution in [0.3, 0.4) is 0 Å². The largest absolute Gasteiger partial charge is 0.366 e. The van der Waals surface area contributed by atoms with E-state index in [1.807, 2.05) is 5.01 Å². The maximum Gasteiger partial charge on any atom is 0.256 e. The van der Waals surface area contributed by atoms with E-state index in [0.717, 1.165) is 42.8 Å². The SMILES string of the molecule is CN(C)S(=O)(=O)c1cc(NC(=O)CN2C(=O)C(Cl)C(Cl)CN2C2CCCCCCC2)ccc1C(N)=O. The Labute approximate surface area is 222 Å². The maximum atomic E-state index is 13.1. The van der Waals surface area contributed by atoms with Crippen molar-refractivity contribution in [2.75, 3.05) is 32.5 Å². The molecule has 2 fully saturated rings. The number of nitrogens with two attached hydrogens (primary N) is 1. The Morgan fingerprint density at radius 3 is 2.31 bits per heavy atom. The van der Waals surface area contributed by atoms with Gasteiger partial charge in [0.15, 0.2) is 0 Å². The van der Waals surface area contributed by atoms with Gasteiger partial charge >= 0.3 is 0 Å². The summed E-state index contributed by atoms with van der Waals surface area (Å²) in [7, 11) is -1.37. The molecule has 3 rings (SSSR count). The quantitative estimate of drug-likeness (QED) is 0.491. The summed E-state index contributed by atoms with van der Waals surface area (Å²) in [6.45, 7) is 0.0352. The van der Waals surface area contributed by atoms with E-state index >= 15 is 0 Å². The van der Waals surface area contributed by atoms with Crippen LogP contribution in [0.5, 0.6) is 0 Å². The molecule has 1 saturated heterocycles. The van der Waals surface area contributed by atoms with Gasteiger partial charge < -0.3 is 11.1 Å². The third-order valence-electron chi connectivity index (χ3n) is 6.56. The minimum absolute atomic E-state index is 0.0687. The number of hydrazine groups is 1. The normalized spacial score (nSPS) is 22.8. The molecule has 0 aromatic heterocycles. The Morgan fingerprint density at radius 2 is 1.72 bits per heavy atom. The lowest BCUT2D eigenvalue weighted by molar-refractivity contribution is -0.163. The van der Waals surface area contributed by atoms with Crippen LogP contribution in [0.2, 0.25) is 0 Å². The van der Waals surface area contributed by atoms with Crippen molar-refractivity contribution in [1.82, 2.24) is 14.3 Å². The van der Waals surface area contributed by atoms with E-state index in [9.17, 15) is 22.8 Å². The molecular weight excluding hydrogens is 529 g/mol. The highest BCUT2D eigenvalue weighted by Crippen LogP contribution is 2.29. The fraction of sp³-hybridized carbons (Fsp3) is 0.609. The predicted octanol–water partition coefficient (Wildman–Crippen LogP) is 2.36. The summed E-state index contributed by atoms with van der Waals surface area (Å²) in [5.74, 6) is -1.90. The number of rotatable bonds is 7. The number of halogens is 2. The molecule has 10 nitrogen and oxygen atoms in total. The highest BCUT2D eigenvalue weighted by Gasteiger charge is 2.42. The van der Waals surface area contributed by atoms with Crippen LogP contribution in [-0.2, 0) is 19.6 Å². The molecule has 1 aliphatic carbocycles. The van der Waals surface area contributed by atoms with Gasteiger partial charge in [0.05, 0.1) is 15.8 Å². The van der Waals surface area contributed by atoms with E-state index in [0.29, 0.717) is 6.54 Å². The summed E-state index contributed by atoms with van der Waals surface area (Å²) in [6, 6.07) is 3.88. The van der Waals surface area contributed by atoms with Crippen LogP contribution in [0.25, 0.3) is 0 Å². The Kier molecular flexibility index (Phi) is 9.62. The molecule has 0 bridgehead atoms. The van der Waals surface area contributed by atoms with Crippen molar-refractivity contribution in [2.45, 2.75) is 66.6 Å². The average Bonchev–Trinajstić information content (AvgIpc) is 2.79. The lowest BCUT2D eigenvalue weighted by atomic mass is 9.95. The number of amides is 3. The first-order chi connectivity index (χ1) is 16.9. The van der Waals surface area contributed by atoms with Gasteiger partial charge in [-0.2, -0.15) is 0 Å². The summed E-state index contributed by atoms with van der Waals surface area (Å²) >= 11 is 12.7. The number of primary amides is 1. The zero-order valence-electron chi connectivity index (χ0n) is 20.5. The fourth-order valence-corrected chi connectivity index (χ4v) is 6.15. The highest BCUT2D eigenvalue weighted by molar-refractivity contribution is 7.89. The van der Waals surface area contributed by atoms with E-state index in [-0.39, 0.29) is 28.7 Å². The molecule has 1 heterocycles. The van der Waals surface area contributed by atoms with Gasteiger partial charge in [0, 0.05) is 32.4 Å². The molecule has 1 aliphatic heterocycles. The monoisotopic (exact) mass is 561 g/mol. The van der Waals surface area contributed by atoms with Crippen LogP contribution < -0.4 is 11.1 Å². The molecule has 3 N–H and O–H groups in total. The number of carbonyl (C=O) groups is 3. The fourth-order valence-electron chi connectivity index (χ4n) is 4.59. The van der Waals surface area contributed by atoms with Crippen LogP contribution in [0, 0.1) is 0 Å². The van der Waals surface area contributed by atoms with Gasteiger partial charge in [0.25, 0.3) is 5.91 Å². The maximum absolute atomic E-state index is 13.1. The average molecular weight is 563 g/mol. The molecule has 2 atom stereocenters. The van der Waals surface area contributed by atoms with Gasteiger partial charge in [0.2, 0.25) is 21.8 Å². The van der Waals surface area contributed by atoms with Crippen molar-refractivity contribution in [3.63, 3.8) is 0 Å². The second-order valence-corrected chi connectivity index (χ2v) is 12.5. The number of hydrogen-bond donors (Lipinski definition) is 2. The Bertz CT molecular complexity index is 1090. The number of nitrogens with zero attached hydrogens (tertiary/aromatic N) is 3. The van der Waals surface area contributed by atoms with Crippen molar-refractivity contribution < 1.29 is 22.8 Å². The van der Waals surface area contributed by atoms with Crippen molar-refractivity contribution in [1.29, 1.82) is 0 Å². The Morgan fingerprint density at radius 1 is 1.11 bits per heavy atom. The molecule has 0 radical (unpaired) electrons. The van der Waals surface area contributed by atoms with E-state index in [4.69, 9.17) is 28.9 Å². The van der Waals surface area contributed by atoms with Crippen LogP contribution in [0.4, 0.5) is 5.69 Å². The van der Waals surface area contributed by atoms with E-state index in [1.165, 1.54) is 43.7 Å². The zero-order valence-corrected chi connectivity index (χ0v) is 22.8. The minimum atomic E-state index is -4.01. The van der Waals surface area contributed by atoms with Gasteiger partial charge in [0.1, 0.15) is 11.9 Å². The molecule has 13 heteroatoms. The molecule has 200 valence electrons. The molecular formula is C23H33Cl2N5O5S. The molecule has 3 amide bonds. The van der Waals surface area contributed by atoms with E-state index < -0.39 is 38.5 Å². The predicted molar refractivity (Wildman–Crippen MR) is 138 cm³/mol. The number of benzene rings is 1. The third kappa shape index (κ3) is 6.49. The molecule has 1 saturated carbocycles. The third-order valence-corrected chi connectivity index (χ3v) is 9.42. The second kappa shape index (κ2) is 12.1. The second-order valence-electron chi connectivity index (χ2n) is 9.35. The summed E-state index contributed by atoms with van der Waals surface area (Å²) in [6.07, 6.45) is 7.29. The number of sulfonamides is 1. The Balaban J connectivity index is 1.83. The van der Waals surface area contributed by atoms with Gasteiger partial charge in [-0.25, -0.2) is 17.7 Å². The standard InChI is InChI=1S/C23H33Cl2N5O5S/c1-28(2)36(34,35)19-12-15(10-11-17(19)22(26)32)27-20(31)14-30-23(33)21(25)18(24)13-29(30)16-8-6-4-3-5-7-9-16/h10-12,16,18,21H,3-9,13-14H2,1-2H3,(H2,26,32)(H,27,31). The highest BCUT2D eigenvalue weighted by atomic mass is 35.5. The summed E-state index contributed by atoms with van der Waals surface area (Å²) in [4.78, 5) is 37.5. The lowest BCUT2D eigenvalue weighted by Gasteiger charge is -2.46. The topological polar surface area (TPSA) is 133 Å². The minimum Gasteiger partial charge on any atom is -0.366 e. The Hall–Kier alpha value is -1.92. The number of anilines is 1. The molecule has 2 aliphatic rings. The first-order valence-electron chi connectivity index (χ1n) is 12.0. The van der Waals surface area contributed by atoms with Gasteiger partial charge in [-0.3, -0.25) is 19.4 Å². The first kappa shape index (κ1) is 28.6. The number of carbonyl (C=O) groups excluding carboxylic acids is 3. The van der Waals surface area contributed by atoms with E-state index in [2.05, 4.69) is 5.32 Å². The summed E-state index contributed by atoms with van der Waals surface area (Å²) < 4.78 is 26.4. The van der Waals surface area contributed by atoms with Crippen molar-refractivity contribution in [3.8, 4) is 0 Å². The van der Waals surface area contributed by atoms with Gasteiger partial charge in [-0.1, -0.05) is 32.1 Å². The van der Waals surface area contributed by atoms with Crippen LogP contribution >= 0.6 is 23.2 Å². The lowest BCUT2D eigenvalue weighted by Crippen LogP contribution is -2.63. The number of alkyl halides is 2. The van der Waals surface area contributed by atoms with Crippen molar-refractivity contribution in [3.05, 3.63) is 23.8 Å². The van der Waals surface area contributed by atoms with Crippen LogP contribution in [-0.4, -0.2) is 84.4 Å². The summed E-state index contributed by atoms with van der Waals surface area (Å²) in [5, 5.41) is 4.33. The summed E-state index contributed by atoms with van der Waals surface area (Å²) in [5.41, 5.74) is 5.30. The molecule has 1 aromatic carbocycles. The van der Waals surface area contributed by atoms with E-state index in [1.54, 1.807) is 0 Å². The zero-order chi connectivity index (χ0) is 26.6. The molecule has 0 spiro atoms. The first-order valence-corrected chi connectivity index (χ1v) is 14.3. The molecule has 1 aromatic rings. The van der Waals surface area contributed by atoms with Crippen LogP contribution in [0.15, 0.2) is 23.1 Å². The van der Waals surface area contributed by atoms with Gasteiger partial charge in [-0.05, 0) is 31.0 Å².